The summed E-state index contributed by atoms with van der Waals surface area (Å²) in [6.45, 7) is 5.26. The Hall–Kier alpha value is -1.60. The predicted molar refractivity (Wildman–Crippen MR) is 103 cm³/mol. The highest BCUT2D eigenvalue weighted by molar-refractivity contribution is 8.01. The summed E-state index contributed by atoms with van der Waals surface area (Å²) in [5.41, 5.74) is 0.986. The molecule has 2 heterocycles. The fourth-order valence-electron chi connectivity index (χ4n) is 2.92. The predicted octanol–water partition coefficient (Wildman–Crippen LogP) is 3.15. The number of fused-ring (bicyclic) bond motifs is 1. The van der Waals surface area contributed by atoms with Crippen LogP contribution in [-0.2, 0) is 9.59 Å². The Kier molecular flexibility index (Phi) is 5.96. The van der Waals surface area contributed by atoms with Crippen molar-refractivity contribution in [3.8, 4) is 0 Å². The zero-order valence-corrected chi connectivity index (χ0v) is 16.2. The number of nitrogens with zero attached hydrogens (tertiary/aromatic N) is 2. The van der Waals surface area contributed by atoms with Gasteiger partial charge in [-0.3, -0.25) is 9.59 Å². The van der Waals surface area contributed by atoms with Crippen LogP contribution < -0.4 is 5.32 Å². The van der Waals surface area contributed by atoms with Crippen molar-refractivity contribution in [1.82, 2.24) is 15.2 Å². The Morgan fingerprint density at radius 1 is 1.32 bits per heavy atom. The van der Waals surface area contributed by atoms with Gasteiger partial charge in [0.1, 0.15) is 0 Å². The number of para-hydroxylation sites is 1. The summed E-state index contributed by atoms with van der Waals surface area (Å²) in [5, 5.41) is 2.96. The molecule has 25 heavy (non-hydrogen) atoms. The third-order valence-corrected chi connectivity index (χ3v) is 6.41. The monoisotopic (exact) mass is 377 g/mol. The van der Waals surface area contributed by atoms with Crippen LogP contribution >= 0.6 is 23.1 Å². The minimum absolute atomic E-state index is 0.0309. The summed E-state index contributed by atoms with van der Waals surface area (Å²) in [5.74, 6) is 0.684. The number of thioether (sulfide) groups is 1. The smallest absolute Gasteiger partial charge is 0.233 e. The molecule has 1 saturated heterocycles. The van der Waals surface area contributed by atoms with Gasteiger partial charge in [-0.1, -0.05) is 23.9 Å². The van der Waals surface area contributed by atoms with E-state index in [1.54, 1.807) is 11.3 Å². The second-order valence-corrected chi connectivity index (χ2v) is 8.81. The van der Waals surface area contributed by atoms with E-state index in [4.69, 9.17) is 0 Å². The van der Waals surface area contributed by atoms with Crippen LogP contribution in [-0.4, -0.2) is 46.6 Å². The highest BCUT2D eigenvalue weighted by atomic mass is 32.2. The summed E-state index contributed by atoms with van der Waals surface area (Å²) in [6.07, 6.45) is 1.49. The molecule has 5 nitrogen and oxygen atoms in total. The van der Waals surface area contributed by atoms with Gasteiger partial charge >= 0.3 is 0 Å². The highest BCUT2D eigenvalue weighted by Crippen LogP contribution is 2.29. The van der Waals surface area contributed by atoms with Crippen LogP contribution in [0.5, 0.6) is 0 Å². The average Bonchev–Trinajstić information content (AvgIpc) is 3.02. The normalized spacial score (nSPS) is 15.7. The first-order chi connectivity index (χ1) is 12.0. The molecule has 1 aliphatic rings. The number of rotatable bonds is 5. The molecule has 2 amide bonds. The van der Waals surface area contributed by atoms with E-state index in [0.717, 1.165) is 27.4 Å². The van der Waals surface area contributed by atoms with Crippen molar-refractivity contribution in [3.05, 3.63) is 24.3 Å². The van der Waals surface area contributed by atoms with E-state index in [-0.39, 0.29) is 23.8 Å². The second kappa shape index (κ2) is 8.19. The summed E-state index contributed by atoms with van der Waals surface area (Å²) >= 11 is 3.12. The summed E-state index contributed by atoms with van der Waals surface area (Å²) in [4.78, 5) is 30.9. The van der Waals surface area contributed by atoms with Gasteiger partial charge in [0.15, 0.2) is 4.34 Å². The molecule has 2 aromatic rings. The van der Waals surface area contributed by atoms with Gasteiger partial charge < -0.3 is 10.2 Å². The third-order valence-electron chi connectivity index (χ3n) is 4.24. The molecule has 3 rings (SSSR count). The first-order valence-electron chi connectivity index (χ1n) is 8.59. The Labute approximate surface area is 156 Å². The van der Waals surface area contributed by atoms with Crippen molar-refractivity contribution >= 4 is 45.1 Å². The lowest BCUT2D eigenvalue weighted by atomic mass is 9.95. The van der Waals surface area contributed by atoms with Crippen LogP contribution in [0.4, 0.5) is 0 Å². The summed E-state index contributed by atoms with van der Waals surface area (Å²) in [6, 6.07) is 8.18. The van der Waals surface area contributed by atoms with Gasteiger partial charge in [-0.25, -0.2) is 4.98 Å². The molecule has 0 saturated carbocycles. The molecule has 1 aromatic heterocycles. The number of piperidine rings is 1. The zero-order chi connectivity index (χ0) is 17.8. The van der Waals surface area contributed by atoms with Gasteiger partial charge in [-0.15, -0.1) is 11.3 Å². The number of benzene rings is 1. The first-order valence-corrected chi connectivity index (χ1v) is 10.4. The van der Waals surface area contributed by atoms with Crippen molar-refractivity contribution in [2.45, 2.75) is 37.1 Å². The molecular formula is C18H23N3O2S2. The molecule has 0 aliphatic carbocycles. The largest absolute Gasteiger partial charge is 0.354 e. The lowest BCUT2D eigenvalue weighted by molar-refractivity contribution is -0.133. The Balaban J connectivity index is 1.47. The molecule has 1 aromatic carbocycles. The van der Waals surface area contributed by atoms with E-state index in [0.29, 0.717) is 18.8 Å². The number of nitrogens with one attached hydrogen (secondary N) is 1. The molecule has 1 N–H and O–H groups in total. The quantitative estimate of drug-likeness (QED) is 0.813. The number of thiazole rings is 1. The third kappa shape index (κ3) is 4.73. The zero-order valence-electron chi connectivity index (χ0n) is 14.5. The average molecular weight is 378 g/mol. The fraction of sp³-hybridized carbons (Fsp3) is 0.500. The van der Waals surface area contributed by atoms with E-state index in [1.807, 2.05) is 43.0 Å². The topological polar surface area (TPSA) is 62.3 Å². The van der Waals surface area contributed by atoms with E-state index < -0.39 is 0 Å². The summed E-state index contributed by atoms with van der Waals surface area (Å²) < 4.78 is 2.08. The fourth-order valence-corrected chi connectivity index (χ4v) is 4.89. The van der Waals surface area contributed by atoms with Crippen LogP contribution in [0, 0.1) is 5.92 Å². The van der Waals surface area contributed by atoms with Gasteiger partial charge in [0.05, 0.1) is 16.0 Å². The molecule has 0 atom stereocenters. The van der Waals surface area contributed by atoms with Gasteiger partial charge in [0.2, 0.25) is 11.8 Å². The number of carbonyl (C=O) groups is 2. The Morgan fingerprint density at radius 2 is 2.04 bits per heavy atom. The second-order valence-electron chi connectivity index (χ2n) is 6.55. The molecule has 1 aliphatic heterocycles. The van der Waals surface area contributed by atoms with Gasteiger partial charge in [0.25, 0.3) is 0 Å². The first kappa shape index (κ1) is 18.2. The van der Waals surface area contributed by atoms with Crippen LogP contribution in [0.15, 0.2) is 28.6 Å². The molecule has 0 spiro atoms. The molecule has 0 radical (unpaired) electrons. The van der Waals surface area contributed by atoms with Crippen LogP contribution in [0.3, 0.4) is 0 Å². The van der Waals surface area contributed by atoms with Crippen LogP contribution in [0.1, 0.15) is 26.7 Å². The number of amides is 2. The SMILES string of the molecule is CC(C)NC(=O)C1CCN(C(=O)CSc2nc3ccccc3s2)CC1. The van der Waals surface area contributed by atoms with Crippen molar-refractivity contribution in [1.29, 1.82) is 0 Å². The van der Waals surface area contributed by atoms with Gasteiger partial charge in [0, 0.05) is 25.0 Å². The van der Waals surface area contributed by atoms with Crippen molar-refractivity contribution < 1.29 is 9.59 Å². The van der Waals surface area contributed by atoms with Gasteiger partial charge in [-0.2, -0.15) is 0 Å². The lowest BCUT2D eigenvalue weighted by Crippen LogP contribution is -2.44. The van der Waals surface area contributed by atoms with Crippen molar-refractivity contribution in [2.75, 3.05) is 18.8 Å². The summed E-state index contributed by atoms with van der Waals surface area (Å²) in [7, 11) is 0. The van der Waals surface area contributed by atoms with Crippen LogP contribution in [0.25, 0.3) is 10.2 Å². The molecule has 7 heteroatoms. The Morgan fingerprint density at radius 3 is 2.72 bits per heavy atom. The number of likely N-dealkylation sites (tertiary alicyclic amines) is 1. The standard InChI is InChI=1S/C18H23N3O2S2/c1-12(2)19-17(23)13-7-9-21(10-8-13)16(22)11-24-18-20-14-5-3-4-6-15(14)25-18/h3-6,12-13H,7-11H2,1-2H3,(H,19,23). The van der Waals surface area contributed by atoms with Crippen molar-refractivity contribution in [2.24, 2.45) is 5.92 Å². The van der Waals surface area contributed by atoms with Crippen molar-refractivity contribution in [3.63, 3.8) is 0 Å². The number of carbonyl (C=O) groups excluding carboxylic acids is 2. The molecule has 1 fully saturated rings. The number of hydrogen-bond donors (Lipinski definition) is 1. The van der Waals surface area contributed by atoms with E-state index in [2.05, 4.69) is 10.3 Å². The van der Waals surface area contributed by atoms with Gasteiger partial charge in [-0.05, 0) is 38.8 Å². The van der Waals surface area contributed by atoms with E-state index in [9.17, 15) is 9.59 Å². The maximum Gasteiger partial charge on any atom is 0.233 e. The molecule has 0 unspecified atom stereocenters. The maximum absolute atomic E-state index is 12.4. The highest BCUT2D eigenvalue weighted by Gasteiger charge is 2.27. The number of aromatic nitrogens is 1. The van der Waals surface area contributed by atoms with Crippen LogP contribution in [0.2, 0.25) is 0 Å². The molecule has 134 valence electrons. The maximum atomic E-state index is 12.4. The van der Waals surface area contributed by atoms with E-state index in [1.165, 1.54) is 11.8 Å². The molecular weight excluding hydrogens is 354 g/mol. The lowest BCUT2D eigenvalue weighted by Gasteiger charge is -2.31. The Bertz CT molecular complexity index is 719. The number of hydrogen-bond acceptors (Lipinski definition) is 5. The minimum atomic E-state index is 0.0309. The minimum Gasteiger partial charge on any atom is -0.354 e. The molecule has 0 bridgehead atoms. The van der Waals surface area contributed by atoms with E-state index >= 15 is 0 Å².